The molecule has 1 N–H and O–H groups in total. The van der Waals surface area contributed by atoms with Gasteiger partial charge in [-0.05, 0) is 20.5 Å². The first-order chi connectivity index (χ1) is 7.15. The highest BCUT2D eigenvalue weighted by atomic mass is 15.1. The summed E-state index contributed by atoms with van der Waals surface area (Å²) >= 11 is 0. The quantitative estimate of drug-likeness (QED) is 0.796. The lowest BCUT2D eigenvalue weighted by molar-refractivity contribution is 0.390. The van der Waals surface area contributed by atoms with E-state index >= 15 is 0 Å². The highest BCUT2D eigenvalue weighted by Gasteiger charge is 2.04. The first kappa shape index (κ1) is 11.9. The Hall–Kier alpha value is -1.16. The first-order valence-electron chi connectivity index (χ1n) is 5.35. The van der Waals surface area contributed by atoms with Gasteiger partial charge in [-0.15, -0.1) is 0 Å². The van der Waals surface area contributed by atoms with Crippen LogP contribution in [0, 0.1) is 0 Å². The van der Waals surface area contributed by atoms with Crippen molar-refractivity contribution in [3.63, 3.8) is 0 Å². The number of nitrogens with zero attached hydrogens (tertiary/aromatic N) is 3. The molecule has 0 atom stereocenters. The molecular formula is C11H20N4. The van der Waals surface area contributed by atoms with Crippen LogP contribution >= 0.6 is 0 Å². The number of hydrogen-bond acceptors (Lipinski definition) is 4. The molecule has 0 aromatic carbocycles. The van der Waals surface area contributed by atoms with E-state index in [1.807, 2.05) is 27.2 Å². The van der Waals surface area contributed by atoms with Gasteiger partial charge in [-0.3, -0.25) is 0 Å². The maximum absolute atomic E-state index is 4.52. The molecule has 15 heavy (non-hydrogen) atoms. The molecule has 4 heteroatoms. The summed E-state index contributed by atoms with van der Waals surface area (Å²) in [5, 5.41) is 3.07. The zero-order valence-corrected chi connectivity index (χ0v) is 10.0. The maximum Gasteiger partial charge on any atom is 0.144 e. The summed E-state index contributed by atoms with van der Waals surface area (Å²) in [6, 6.07) is 2.02. The highest BCUT2D eigenvalue weighted by molar-refractivity contribution is 5.35. The van der Waals surface area contributed by atoms with E-state index in [1.54, 1.807) is 0 Å². The van der Waals surface area contributed by atoms with Crippen LogP contribution in [0.1, 0.15) is 24.9 Å². The molecule has 1 heterocycles. The van der Waals surface area contributed by atoms with Gasteiger partial charge in [-0.1, -0.05) is 13.3 Å². The number of aryl methyl sites for hydroxylation is 1. The molecule has 1 rings (SSSR count). The Morgan fingerprint density at radius 2 is 2.07 bits per heavy atom. The Kier molecular flexibility index (Phi) is 4.49. The number of rotatable bonds is 5. The number of aromatic nitrogens is 2. The van der Waals surface area contributed by atoms with Crippen molar-refractivity contribution in [3.05, 3.63) is 17.6 Å². The molecule has 0 amide bonds. The fraction of sp³-hybridized carbons (Fsp3) is 0.636. The van der Waals surface area contributed by atoms with Crippen molar-refractivity contribution in [2.75, 3.05) is 26.5 Å². The average molecular weight is 208 g/mol. The molecule has 0 fully saturated rings. The van der Waals surface area contributed by atoms with Crippen molar-refractivity contribution in [2.24, 2.45) is 0 Å². The van der Waals surface area contributed by atoms with Gasteiger partial charge in [-0.2, -0.15) is 0 Å². The van der Waals surface area contributed by atoms with Gasteiger partial charge in [0.2, 0.25) is 0 Å². The molecule has 0 saturated carbocycles. The van der Waals surface area contributed by atoms with E-state index in [-0.39, 0.29) is 0 Å². The predicted molar refractivity (Wildman–Crippen MR) is 63.0 cm³/mol. The minimum absolute atomic E-state index is 0.784. The lowest BCUT2D eigenvalue weighted by atomic mass is 10.2. The molecule has 1 aromatic rings. The van der Waals surface area contributed by atoms with Crippen LogP contribution < -0.4 is 5.32 Å². The molecule has 84 valence electrons. The minimum atomic E-state index is 0.784. The molecule has 0 aliphatic heterocycles. The van der Waals surface area contributed by atoms with Gasteiger partial charge in [0.05, 0.1) is 6.54 Å². The van der Waals surface area contributed by atoms with Crippen LogP contribution in [0.2, 0.25) is 0 Å². The molecule has 0 radical (unpaired) electrons. The van der Waals surface area contributed by atoms with Gasteiger partial charge in [0.15, 0.2) is 0 Å². The fourth-order valence-electron chi connectivity index (χ4n) is 1.42. The van der Waals surface area contributed by atoms with Crippen LogP contribution in [-0.2, 0) is 13.0 Å². The summed E-state index contributed by atoms with van der Waals surface area (Å²) in [5.41, 5.74) is 1.12. The average Bonchev–Trinajstić information content (AvgIpc) is 2.16. The van der Waals surface area contributed by atoms with Crippen molar-refractivity contribution in [2.45, 2.75) is 26.3 Å². The second-order valence-electron chi connectivity index (χ2n) is 3.90. The van der Waals surface area contributed by atoms with Crippen LogP contribution in [0.5, 0.6) is 0 Å². The van der Waals surface area contributed by atoms with E-state index in [9.17, 15) is 0 Å². The van der Waals surface area contributed by atoms with Gasteiger partial charge in [-0.25, -0.2) is 9.97 Å². The second kappa shape index (κ2) is 5.66. The maximum atomic E-state index is 4.52. The standard InChI is InChI=1S/C11H20N4/c1-5-6-9-7-10(12-2)14-11(13-9)8-15(3)4/h7H,5-6,8H2,1-4H3,(H,12,13,14). The van der Waals surface area contributed by atoms with Crippen molar-refractivity contribution in [1.82, 2.24) is 14.9 Å². The molecule has 0 bridgehead atoms. The third-order valence-corrected chi connectivity index (χ3v) is 2.05. The van der Waals surface area contributed by atoms with Crippen molar-refractivity contribution in [3.8, 4) is 0 Å². The van der Waals surface area contributed by atoms with Gasteiger partial charge in [0.1, 0.15) is 11.6 Å². The largest absolute Gasteiger partial charge is 0.373 e. The lowest BCUT2D eigenvalue weighted by Gasteiger charge is -2.11. The topological polar surface area (TPSA) is 41.1 Å². The van der Waals surface area contributed by atoms with Crippen LogP contribution in [0.4, 0.5) is 5.82 Å². The van der Waals surface area contributed by atoms with E-state index < -0.39 is 0 Å². The summed E-state index contributed by atoms with van der Waals surface area (Å²) in [6.45, 7) is 2.94. The van der Waals surface area contributed by atoms with Gasteiger partial charge in [0, 0.05) is 18.8 Å². The highest BCUT2D eigenvalue weighted by Crippen LogP contribution is 2.09. The van der Waals surface area contributed by atoms with Crippen molar-refractivity contribution < 1.29 is 0 Å². The summed E-state index contributed by atoms with van der Waals surface area (Å²) in [4.78, 5) is 11.0. The van der Waals surface area contributed by atoms with Gasteiger partial charge < -0.3 is 10.2 Å². The molecular weight excluding hydrogens is 188 g/mol. The Balaban J connectivity index is 2.89. The third-order valence-electron chi connectivity index (χ3n) is 2.05. The van der Waals surface area contributed by atoms with Crippen molar-refractivity contribution in [1.29, 1.82) is 0 Å². The van der Waals surface area contributed by atoms with Crippen LogP contribution in [0.15, 0.2) is 6.07 Å². The number of hydrogen-bond donors (Lipinski definition) is 1. The molecule has 4 nitrogen and oxygen atoms in total. The summed E-state index contributed by atoms with van der Waals surface area (Å²) in [5.74, 6) is 1.79. The van der Waals surface area contributed by atoms with E-state index in [4.69, 9.17) is 0 Å². The normalized spacial score (nSPS) is 10.7. The molecule has 0 aliphatic carbocycles. The lowest BCUT2D eigenvalue weighted by Crippen LogP contribution is -2.15. The smallest absolute Gasteiger partial charge is 0.144 e. The minimum Gasteiger partial charge on any atom is -0.373 e. The summed E-state index contributed by atoms with van der Waals surface area (Å²) in [7, 11) is 5.93. The van der Waals surface area contributed by atoms with Crippen molar-refractivity contribution >= 4 is 5.82 Å². The zero-order valence-electron chi connectivity index (χ0n) is 10.0. The Labute approximate surface area is 91.7 Å². The molecule has 1 aromatic heterocycles. The van der Waals surface area contributed by atoms with Crippen LogP contribution in [-0.4, -0.2) is 36.0 Å². The van der Waals surface area contributed by atoms with Crippen LogP contribution in [0.3, 0.4) is 0 Å². The Morgan fingerprint density at radius 3 is 2.60 bits per heavy atom. The van der Waals surface area contributed by atoms with Gasteiger partial charge >= 0.3 is 0 Å². The van der Waals surface area contributed by atoms with E-state index in [0.29, 0.717) is 0 Å². The molecule has 0 aliphatic rings. The molecule has 0 saturated heterocycles. The molecule has 0 spiro atoms. The van der Waals surface area contributed by atoms with E-state index in [0.717, 1.165) is 36.7 Å². The third kappa shape index (κ3) is 3.83. The summed E-state index contributed by atoms with van der Waals surface area (Å²) < 4.78 is 0. The predicted octanol–water partition coefficient (Wildman–Crippen LogP) is 1.53. The number of anilines is 1. The zero-order chi connectivity index (χ0) is 11.3. The monoisotopic (exact) mass is 208 g/mol. The van der Waals surface area contributed by atoms with E-state index in [1.165, 1.54) is 0 Å². The Morgan fingerprint density at radius 1 is 1.33 bits per heavy atom. The summed E-state index contributed by atoms with van der Waals surface area (Å²) in [6.07, 6.45) is 2.12. The number of nitrogens with one attached hydrogen (secondary N) is 1. The fourth-order valence-corrected chi connectivity index (χ4v) is 1.42. The SMILES string of the molecule is CCCc1cc(NC)nc(CN(C)C)n1. The van der Waals surface area contributed by atoms with E-state index in [2.05, 4.69) is 27.1 Å². The molecule has 0 unspecified atom stereocenters. The van der Waals surface area contributed by atoms with Crippen LogP contribution in [0.25, 0.3) is 0 Å². The van der Waals surface area contributed by atoms with Gasteiger partial charge in [0.25, 0.3) is 0 Å². The second-order valence-corrected chi connectivity index (χ2v) is 3.90. The first-order valence-corrected chi connectivity index (χ1v) is 5.35. The Bertz CT molecular complexity index is 309.